The van der Waals surface area contributed by atoms with E-state index in [0.717, 1.165) is 0 Å². The smallest absolute Gasteiger partial charge is 0.145 e. The van der Waals surface area contributed by atoms with E-state index in [9.17, 15) is 4.39 Å². The maximum Gasteiger partial charge on any atom is 0.145 e. The number of benzene rings is 1. The van der Waals surface area contributed by atoms with Gasteiger partial charge in [0.15, 0.2) is 0 Å². The molecule has 0 radical (unpaired) electrons. The first-order valence-electron chi connectivity index (χ1n) is 5.68. The summed E-state index contributed by atoms with van der Waals surface area (Å²) in [4.78, 5) is 0. The minimum atomic E-state index is -0.386. The summed E-state index contributed by atoms with van der Waals surface area (Å²) in [7, 11) is 1.62. The molecule has 0 aliphatic heterocycles. The second-order valence-corrected chi connectivity index (χ2v) is 4.93. The van der Waals surface area contributed by atoms with Crippen molar-refractivity contribution in [3.05, 3.63) is 34.6 Å². The van der Waals surface area contributed by atoms with Gasteiger partial charge in [0.1, 0.15) is 5.82 Å². The summed E-state index contributed by atoms with van der Waals surface area (Å²) in [5, 5.41) is 0.133. The lowest BCUT2D eigenvalue weighted by atomic mass is 9.94. The molecule has 0 heterocycles. The summed E-state index contributed by atoms with van der Waals surface area (Å²) in [6.45, 7) is 4.06. The third kappa shape index (κ3) is 3.66. The fourth-order valence-corrected chi connectivity index (χ4v) is 2.21. The Bertz CT molecular complexity index is 370. The molecule has 1 rings (SSSR count). The van der Waals surface area contributed by atoms with Gasteiger partial charge in [0, 0.05) is 13.2 Å². The maximum atomic E-state index is 13.7. The van der Waals surface area contributed by atoms with Crippen LogP contribution in [0, 0.1) is 11.7 Å². The van der Waals surface area contributed by atoms with E-state index in [1.807, 2.05) is 13.8 Å². The first kappa shape index (κ1) is 14.4. The number of hydrogen-bond acceptors (Lipinski definition) is 2. The van der Waals surface area contributed by atoms with Crippen molar-refractivity contribution in [2.75, 3.05) is 7.11 Å². The molecule has 2 N–H and O–H groups in total. The van der Waals surface area contributed by atoms with Gasteiger partial charge in [-0.1, -0.05) is 37.6 Å². The van der Waals surface area contributed by atoms with Crippen LogP contribution in [0.3, 0.4) is 0 Å². The van der Waals surface area contributed by atoms with Gasteiger partial charge in [-0.3, -0.25) is 0 Å². The summed E-state index contributed by atoms with van der Waals surface area (Å²) < 4.78 is 19.0. The van der Waals surface area contributed by atoms with E-state index in [0.29, 0.717) is 12.0 Å². The molecule has 0 saturated carbocycles. The number of methoxy groups -OCH3 is 1. The first-order chi connectivity index (χ1) is 7.97. The Kier molecular flexibility index (Phi) is 5.37. The Hall–Kier alpha value is -0.640. The predicted octanol–water partition coefficient (Wildman–Crippen LogP) is 3.02. The number of halogens is 2. The van der Waals surface area contributed by atoms with Gasteiger partial charge in [0.25, 0.3) is 0 Å². The van der Waals surface area contributed by atoms with Crippen molar-refractivity contribution in [3.8, 4) is 0 Å². The molecule has 1 aromatic carbocycles. The Morgan fingerprint density at radius 2 is 2.06 bits per heavy atom. The molecule has 1 aromatic rings. The van der Waals surface area contributed by atoms with Crippen LogP contribution in [0.2, 0.25) is 5.02 Å². The molecule has 0 aliphatic rings. The van der Waals surface area contributed by atoms with Crippen LogP contribution in [0.4, 0.5) is 4.39 Å². The molecule has 0 bridgehead atoms. The van der Waals surface area contributed by atoms with Crippen molar-refractivity contribution in [3.63, 3.8) is 0 Å². The molecular weight excluding hydrogens is 241 g/mol. The lowest BCUT2D eigenvalue weighted by Crippen LogP contribution is -2.41. The average molecular weight is 260 g/mol. The van der Waals surface area contributed by atoms with E-state index < -0.39 is 0 Å². The topological polar surface area (TPSA) is 35.2 Å². The largest absolute Gasteiger partial charge is 0.380 e. The fraction of sp³-hybridized carbons (Fsp3) is 0.538. The number of rotatable bonds is 5. The zero-order chi connectivity index (χ0) is 13.0. The van der Waals surface area contributed by atoms with Crippen LogP contribution in [0.15, 0.2) is 18.2 Å². The first-order valence-corrected chi connectivity index (χ1v) is 6.06. The molecule has 2 unspecified atom stereocenters. The van der Waals surface area contributed by atoms with E-state index in [1.54, 1.807) is 19.2 Å². The molecule has 2 nitrogen and oxygen atoms in total. The van der Waals surface area contributed by atoms with E-state index in [1.165, 1.54) is 6.07 Å². The highest BCUT2D eigenvalue weighted by molar-refractivity contribution is 6.30. The molecule has 0 spiro atoms. The molecule has 0 amide bonds. The number of ether oxygens (including phenoxy) is 1. The molecule has 0 aromatic heterocycles. The van der Waals surface area contributed by atoms with Crippen molar-refractivity contribution in [2.24, 2.45) is 11.7 Å². The lowest BCUT2D eigenvalue weighted by Gasteiger charge is -2.26. The molecule has 0 fully saturated rings. The number of hydrogen-bond donors (Lipinski definition) is 1. The van der Waals surface area contributed by atoms with Gasteiger partial charge < -0.3 is 10.5 Å². The number of nitrogens with two attached hydrogens (primary N) is 1. The minimum Gasteiger partial charge on any atom is -0.380 e. The zero-order valence-corrected chi connectivity index (χ0v) is 11.2. The van der Waals surface area contributed by atoms with Crippen LogP contribution in [0.25, 0.3) is 0 Å². The van der Waals surface area contributed by atoms with Crippen LogP contribution in [0.1, 0.15) is 19.4 Å². The predicted molar refractivity (Wildman–Crippen MR) is 68.7 cm³/mol. The maximum absolute atomic E-state index is 13.7. The molecule has 0 saturated heterocycles. The molecular formula is C13H19ClFNO. The van der Waals surface area contributed by atoms with E-state index in [4.69, 9.17) is 22.1 Å². The van der Waals surface area contributed by atoms with Gasteiger partial charge in [-0.15, -0.1) is 0 Å². The molecule has 0 aliphatic carbocycles. The van der Waals surface area contributed by atoms with Gasteiger partial charge in [-0.05, 0) is 24.0 Å². The Labute approximate surface area is 107 Å². The van der Waals surface area contributed by atoms with Gasteiger partial charge >= 0.3 is 0 Å². The van der Waals surface area contributed by atoms with Gasteiger partial charge in [-0.2, -0.15) is 0 Å². The second-order valence-electron chi connectivity index (χ2n) is 4.53. The summed E-state index contributed by atoms with van der Waals surface area (Å²) in [6, 6.07) is 4.72. The van der Waals surface area contributed by atoms with Crippen molar-refractivity contribution in [2.45, 2.75) is 32.4 Å². The van der Waals surface area contributed by atoms with Crippen molar-refractivity contribution < 1.29 is 9.13 Å². The third-order valence-electron chi connectivity index (χ3n) is 2.84. The fourth-order valence-electron chi connectivity index (χ4n) is 2.02. The average Bonchev–Trinajstić information content (AvgIpc) is 2.25. The van der Waals surface area contributed by atoms with E-state index in [2.05, 4.69) is 0 Å². The van der Waals surface area contributed by atoms with Gasteiger partial charge in [0.2, 0.25) is 0 Å². The highest BCUT2D eigenvalue weighted by atomic mass is 35.5. The van der Waals surface area contributed by atoms with Crippen LogP contribution < -0.4 is 5.73 Å². The molecule has 4 heteroatoms. The summed E-state index contributed by atoms with van der Waals surface area (Å²) in [5.74, 6) is -0.0968. The second kappa shape index (κ2) is 6.34. The Morgan fingerprint density at radius 1 is 1.41 bits per heavy atom. The lowest BCUT2D eigenvalue weighted by molar-refractivity contribution is 0.0439. The summed E-state index contributed by atoms with van der Waals surface area (Å²) >= 11 is 5.73. The highest BCUT2D eigenvalue weighted by Gasteiger charge is 2.22. The standard InChI is InChI=1S/C13H19ClFNO/c1-8(2)13(17-3)11(16)7-9-5-4-6-10(14)12(9)15/h4-6,8,11,13H,7,16H2,1-3H3. The van der Waals surface area contributed by atoms with Crippen molar-refractivity contribution in [1.29, 1.82) is 0 Å². The SMILES string of the molecule is COC(C(C)C)C(N)Cc1cccc(Cl)c1F. The Morgan fingerprint density at radius 3 is 2.59 bits per heavy atom. The molecule has 2 atom stereocenters. The van der Waals surface area contributed by atoms with Gasteiger partial charge in [0.05, 0.1) is 11.1 Å². The normalized spacial score (nSPS) is 15.0. The highest BCUT2D eigenvalue weighted by Crippen LogP contribution is 2.20. The molecule has 17 heavy (non-hydrogen) atoms. The van der Waals surface area contributed by atoms with Crippen LogP contribution in [-0.2, 0) is 11.2 Å². The van der Waals surface area contributed by atoms with Gasteiger partial charge in [-0.25, -0.2) is 4.39 Å². The van der Waals surface area contributed by atoms with Crippen molar-refractivity contribution in [1.82, 2.24) is 0 Å². The third-order valence-corrected chi connectivity index (χ3v) is 3.13. The summed E-state index contributed by atoms with van der Waals surface area (Å²) in [5.41, 5.74) is 6.58. The van der Waals surface area contributed by atoms with Crippen molar-refractivity contribution >= 4 is 11.6 Å². The molecule has 96 valence electrons. The van der Waals surface area contributed by atoms with Crippen LogP contribution in [0.5, 0.6) is 0 Å². The van der Waals surface area contributed by atoms with E-state index in [-0.39, 0.29) is 28.9 Å². The zero-order valence-electron chi connectivity index (χ0n) is 10.4. The monoisotopic (exact) mass is 259 g/mol. The van der Waals surface area contributed by atoms with Crippen LogP contribution in [-0.4, -0.2) is 19.3 Å². The Balaban J connectivity index is 2.80. The quantitative estimate of drug-likeness (QED) is 0.882. The minimum absolute atomic E-state index is 0.0895. The van der Waals surface area contributed by atoms with Crippen LogP contribution >= 0.6 is 11.6 Å². The summed E-state index contributed by atoms with van der Waals surface area (Å²) in [6.07, 6.45) is 0.330. The van der Waals surface area contributed by atoms with E-state index >= 15 is 0 Å².